The molecule has 1 heterocycles. The summed E-state index contributed by atoms with van der Waals surface area (Å²) in [6, 6.07) is 7.86. The lowest BCUT2D eigenvalue weighted by atomic mass is 10.3. The number of carbonyl (C=O) groups excluding carboxylic acids is 1. The summed E-state index contributed by atoms with van der Waals surface area (Å²) in [4.78, 5) is 20.8. The van der Waals surface area contributed by atoms with E-state index in [4.69, 9.17) is 9.47 Å². The van der Waals surface area contributed by atoms with Gasteiger partial charge >= 0.3 is 0 Å². The lowest BCUT2D eigenvalue weighted by Gasteiger charge is -2.22. The summed E-state index contributed by atoms with van der Waals surface area (Å²) in [6.45, 7) is 0.724. The number of likely N-dealkylation sites (N-methyl/N-ethyl adjacent to an activating group) is 1. The zero-order valence-corrected chi connectivity index (χ0v) is 21.0. The van der Waals surface area contributed by atoms with Gasteiger partial charge in [0.05, 0.1) is 19.1 Å². The molecule has 0 aliphatic carbocycles. The third kappa shape index (κ3) is 6.11. The molecule has 0 unspecified atom stereocenters. The van der Waals surface area contributed by atoms with Crippen molar-refractivity contribution in [2.45, 2.75) is 4.90 Å². The Bertz CT molecular complexity index is 1180. The van der Waals surface area contributed by atoms with Crippen LogP contribution in [-0.4, -0.2) is 71.4 Å². The Morgan fingerprint density at radius 3 is 2.21 bits per heavy atom. The number of sulfone groups is 1. The van der Waals surface area contributed by atoms with Gasteiger partial charge in [-0.05, 0) is 50.5 Å². The minimum absolute atomic E-state index is 0. The highest BCUT2D eigenvalue weighted by Gasteiger charge is 2.27. The van der Waals surface area contributed by atoms with Crippen molar-refractivity contribution in [2.24, 2.45) is 0 Å². The first-order valence-electron chi connectivity index (χ1n) is 9.61. The van der Waals surface area contributed by atoms with Crippen LogP contribution in [0.4, 0.5) is 9.52 Å². The maximum atomic E-state index is 13.2. The number of hydrogen-bond acceptors (Lipinski definition) is 8. The van der Waals surface area contributed by atoms with Gasteiger partial charge in [0, 0.05) is 13.1 Å². The third-order valence-electron chi connectivity index (χ3n) is 4.69. The van der Waals surface area contributed by atoms with E-state index >= 15 is 0 Å². The van der Waals surface area contributed by atoms with Crippen molar-refractivity contribution in [1.29, 1.82) is 0 Å². The van der Waals surface area contributed by atoms with E-state index in [-0.39, 0.29) is 23.8 Å². The van der Waals surface area contributed by atoms with Crippen molar-refractivity contribution in [3.05, 3.63) is 42.2 Å². The topological polar surface area (TPSA) is 89.0 Å². The highest BCUT2D eigenvalue weighted by Crippen LogP contribution is 2.40. The molecule has 180 valence electrons. The van der Waals surface area contributed by atoms with E-state index in [1.807, 2.05) is 19.0 Å². The molecule has 0 fully saturated rings. The molecule has 3 aromatic rings. The van der Waals surface area contributed by atoms with Crippen LogP contribution in [0, 0.1) is 5.82 Å². The largest absolute Gasteiger partial charge is 0.495 e. The summed E-state index contributed by atoms with van der Waals surface area (Å²) in [5, 5.41) is 0.337. The van der Waals surface area contributed by atoms with Crippen molar-refractivity contribution in [2.75, 3.05) is 52.1 Å². The molecule has 0 bridgehead atoms. The van der Waals surface area contributed by atoms with Crippen molar-refractivity contribution in [1.82, 2.24) is 9.88 Å². The fourth-order valence-electron chi connectivity index (χ4n) is 2.98. The normalized spacial score (nSPS) is 11.3. The average molecular weight is 518 g/mol. The molecule has 2 aromatic carbocycles. The van der Waals surface area contributed by atoms with Gasteiger partial charge in [0.25, 0.3) is 0 Å². The van der Waals surface area contributed by atoms with Crippen LogP contribution in [0.2, 0.25) is 0 Å². The summed E-state index contributed by atoms with van der Waals surface area (Å²) in [5.41, 5.74) is 0.524. The molecule has 3 rings (SSSR count). The number of benzene rings is 2. The van der Waals surface area contributed by atoms with Gasteiger partial charge in [-0.15, -0.1) is 12.4 Å². The molecule has 0 aliphatic rings. The van der Waals surface area contributed by atoms with Gasteiger partial charge in [0.2, 0.25) is 5.91 Å². The van der Waals surface area contributed by atoms with Gasteiger partial charge in [0.15, 0.2) is 15.0 Å². The first-order valence-corrected chi connectivity index (χ1v) is 12.1. The summed E-state index contributed by atoms with van der Waals surface area (Å²) in [6.07, 6.45) is 0. The van der Waals surface area contributed by atoms with Crippen molar-refractivity contribution in [3.63, 3.8) is 0 Å². The van der Waals surface area contributed by atoms with Crippen molar-refractivity contribution in [3.8, 4) is 11.5 Å². The molecule has 0 radical (unpaired) electrons. The Hall–Kier alpha value is -2.47. The second-order valence-electron chi connectivity index (χ2n) is 7.21. The van der Waals surface area contributed by atoms with Crippen molar-refractivity contribution >= 4 is 54.8 Å². The van der Waals surface area contributed by atoms with Gasteiger partial charge in [-0.2, -0.15) is 0 Å². The molecule has 0 aliphatic heterocycles. The van der Waals surface area contributed by atoms with Crippen LogP contribution < -0.4 is 14.4 Å². The second kappa shape index (κ2) is 11.1. The molecule has 0 saturated carbocycles. The number of amides is 1. The van der Waals surface area contributed by atoms with E-state index in [2.05, 4.69) is 4.98 Å². The Kier molecular flexibility index (Phi) is 9.01. The van der Waals surface area contributed by atoms with Gasteiger partial charge in [-0.25, -0.2) is 17.8 Å². The molecule has 0 spiro atoms. The highest BCUT2D eigenvalue weighted by molar-refractivity contribution is 7.92. The molecule has 33 heavy (non-hydrogen) atoms. The van der Waals surface area contributed by atoms with Crippen LogP contribution in [0.3, 0.4) is 0 Å². The fraction of sp³-hybridized carbons (Fsp3) is 0.333. The number of thiazole rings is 1. The van der Waals surface area contributed by atoms with E-state index in [0.29, 0.717) is 33.4 Å². The first kappa shape index (κ1) is 26.8. The maximum Gasteiger partial charge on any atom is 0.244 e. The van der Waals surface area contributed by atoms with Gasteiger partial charge in [-0.1, -0.05) is 11.3 Å². The predicted molar refractivity (Wildman–Crippen MR) is 129 cm³/mol. The monoisotopic (exact) mass is 517 g/mol. The fourth-order valence-corrected chi connectivity index (χ4v) is 5.30. The number of nitrogens with zero attached hydrogens (tertiary/aromatic N) is 3. The van der Waals surface area contributed by atoms with E-state index in [1.165, 1.54) is 30.5 Å². The molecule has 1 aromatic heterocycles. The van der Waals surface area contributed by atoms with Crippen LogP contribution in [0.25, 0.3) is 10.2 Å². The first-order chi connectivity index (χ1) is 15.2. The number of rotatable bonds is 9. The summed E-state index contributed by atoms with van der Waals surface area (Å²) in [5.74, 6) is -0.866. The Balaban J connectivity index is 0.00000385. The Labute approximate surface area is 202 Å². The second-order valence-corrected chi connectivity index (χ2v) is 10.2. The molecule has 12 heteroatoms. The van der Waals surface area contributed by atoms with Crippen LogP contribution in [-0.2, 0) is 14.6 Å². The zero-order chi connectivity index (χ0) is 23.5. The lowest BCUT2D eigenvalue weighted by molar-refractivity contribution is -0.116. The number of halogens is 2. The zero-order valence-electron chi connectivity index (χ0n) is 18.6. The van der Waals surface area contributed by atoms with Gasteiger partial charge in [0.1, 0.15) is 33.3 Å². The summed E-state index contributed by atoms with van der Waals surface area (Å²) >= 11 is 1.22. The molecular weight excluding hydrogens is 493 g/mol. The number of carbonyl (C=O) groups is 1. The smallest absolute Gasteiger partial charge is 0.244 e. The van der Waals surface area contributed by atoms with Gasteiger partial charge < -0.3 is 14.4 Å². The standard InChI is InChI=1S/C21H24FN3O5S2.ClH/c1-24(2)11-12-25(18(26)13-32(27,28)15-7-5-14(22)6-8-15)21-23-19-16(29-3)9-10-17(30-4)20(19)31-21;/h5-10H,11-13H2,1-4H3;1H. The molecular formula is C21H25ClFN3O5S2. The van der Waals surface area contributed by atoms with Crippen LogP contribution in [0.5, 0.6) is 11.5 Å². The number of anilines is 1. The van der Waals surface area contributed by atoms with E-state index in [0.717, 1.165) is 24.3 Å². The predicted octanol–water partition coefficient (Wildman–Crippen LogP) is 3.24. The quantitative estimate of drug-likeness (QED) is 0.402. The minimum atomic E-state index is -3.97. The SMILES string of the molecule is COc1ccc(OC)c2sc(N(CCN(C)C)C(=O)CS(=O)(=O)c3ccc(F)cc3)nc12.Cl. The maximum absolute atomic E-state index is 13.2. The minimum Gasteiger partial charge on any atom is -0.495 e. The summed E-state index contributed by atoms with van der Waals surface area (Å²) < 4.78 is 50.2. The highest BCUT2D eigenvalue weighted by atomic mass is 35.5. The Morgan fingerprint density at radius 1 is 1.03 bits per heavy atom. The lowest BCUT2D eigenvalue weighted by Crippen LogP contribution is -2.40. The van der Waals surface area contributed by atoms with E-state index < -0.39 is 27.3 Å². The molecule has 0 atom stereocenters. The molecule has 8 nitrogen and oxygen atoms in total. The number of ether oxygens (including phenoxy) is 2. The van der Waals surface area contributed by atoms with Crippen LogP contribution >= 0.6 is 23.7 Å². The van der Waals surface area contributed by atoms with E-state index in [1.54, 1.807) is 12.1 Å². The average Bonchev–Trinajstić information content (AvgIpc) is 3.18. The number of fused-ring (bicyclic) bond motifs is 1. The van der Waals surface area contributed by atoms with Gasteiger partial charge in [-0.3, -0.25) is 9.69 Å². The third-order valence-corrected chi connectivity index (χ3v) is 7.40. The molecule has 0 saturated heterocycles. The van der Waals surface area contributed by atoms with E-state index in [9.17, 15) is 17.6 Å². The number of hydrogen-bond donors (Lipinski definition) is 0. The van der Waals surface area contributed by atoms with Crippen LogP contribution in [0.1, 0.15) is 0 Å². The van der Waals surface area contributed by atoms with Crippen molar-refractivity contribution < 1.29 is 27.1 Å². The van der Waals surface area contributed by atoms with Crippen LogP contribution in [0.15, 0.2) is 41.3 Å². The Morgan fingerprint density at radius 2 is 1.64 bits per heavy atom. The summed E-state index contributed by atoms with van der Waals surface area (Å²) in [7, 11) is 2.78. The number of methoxy groups -OCH3 is 2. The molecule has 0 N–H and O–H groups in total. The molecule has 1 amide bonds. The number of aromatic nitrogens is 1.